The van der Waals surface area contributed by atoms with Crippen molar-refractivity contribution in [3.63, 3.8) is 0 Å². The van der Waals surface area contributed by atoms with Crippen molar-refractivity contribution in [2.45, 2.75) is 70.7 Å². The maximum absolute atomic E-state index is 6.19. The van der Waals surface area contributed by atoms with Gasteiger partial charge >= 0.3 is 0 Å². The number of benzene rings is 1. The van der Waals surface area contributed by atoms with Crippen molar-refractivity contribution in [3.8, 4) is 5.69 Å². The van der Waals surface area contributed by atoms with Crippen LogP contribution in [0.1, 0.15) is 62.7 Å². The van der Waals surface area contributed by atoms with Crippen molar-refractivity contribution in [2.24, 2.45) is 0 Å². The number of nitrogens with zero attached hydrogens (tertiary/aromatic N) is 3. The Morgan fingerprint density at radius 1 is 1.16 bits per heavy atom. The molecule has 0 saturated heterocycles. The van der Waals surface area contributed by atoms with Crippen LogP contribution in [0.3, 0.4) is 0 Å². The molecule has 0 unspecified atom stereocenters. The standard InChI is InChI=1S/C19H25ClN4O/c1-12(2)25-16-6-3-13(4-7-16)19-23-22-18-11-21-10-14-9-15(20)5-8-17(14)24(18)19/h5,8-9,12-13,16,21H,3-4,6-7,10-11H2,1-2H3/t13-,16-. The molecule has 6 heteroatoms. The minimum Gasteiger partial charge on any atom is -0.376 e. The van der Waals surface area contributed by atoms with Gasteiger partial charge in [-0.1, -0.05) is 11.6 Å². The average Bonchev–Trinajstić information content (AvgIpc) is 2.91. The van der Waals surface area contributed by atoms with Gasteiger partial charge in [0, 0.05) is 17.5 Å². The third kappa shape index (κ3) is 3.46. The molecule has 0 atom stereocenters. The molecular weight excluding hydrogens is 336 g/mol. The first-order valence-electron chi connectivity index (χ1n) is 9.21. The Morgan fingerprint density at radius 3 is 2.72 bits per heavy atom. The number of aromatic nitrogens is 3. The van der Waals surface area contributed by atoms with Gasteiger partial charge in [-0.05, 0) is 63.3 Å². The second-order valence-corrected chi connectivity index (χ2v) is 7.78. The maximum Gasteiger partial charge on any atom is 0.151 e. The van der Waals surface area contributed by atoms with E-state index in [1.807, 2.05) is 12.1 Å². The molecule has 0 bridgehead atoms. The monoisotopic (exact) mass is 360 g/mol. The number of fused-ring (bicyclic) bond motifs is 3. The average molecular weight is 361 g/mol. The van der Waals surface area contributed by atoms with E-state index in [1.165, 1.54) is 5.56 Å². The van der Waals surface area contributed by atoms with Crippen LogP contribution in [-0.4, -0.2) is 27.0 Å². The summed E-state index contributed by atoms with van der Waals surface area (Å²) in [7, 11) is 0. The highest BCUT2D eigenvalue weighted by molar-refractivity contribution is 6.30. The molecule has 2 aromatic rings. The summed E-state index contributed by atoms with van der Waals surface area (Å²) in [5.41, 5.74) is 2.36. The van der Waals surface area contributed by atoms with Gasteiger partial charge in [0.05, 0.1) is 24.4 Å². The predicted molar refractivity (Wildman–Crippen MR) is 98.1 cm³/mol. The number of halogens is 1. The Labute approximate surface area is 153 Å². The summed E-state index contributed by atoms with van der Waals surface area (Å²) in [4.78, 5) is 0. The van der Waals surface area contributed by atoms with Crippen LogP contribution < -0.4 is 5.32 Å². The molecule has 0 radical (unpaired) electrons. The van der Waals surface area contributed by atoms with Crippen molar-refractivity contribution >= 4 is 11.6 Å². The molecule has 4 rings (SSSR count). The molecule has 134 valence electrons. The summed E-state index contributed by atoms with van der Waals surface area (Å²) in [5.74, 6) is 2.51. The zero-order chi connectivity index (χ0) is 17.4. The van der Waals surface area contributed by atoms with E-state index >= 15 is 0 Å². The van der Waals surface area contributed by atoms with Gasteiger partial charge in [0.2, 0.25) is 0 Å². The lowest BCUT2D eigenvalue weighted by Gasteiger charge is -2.29. The highest BCUT2D eigenvalue weighted by atomic mass is 35.5. The summed E-state index contributed by atoms with van der Waals surface area (Å²) in [5, 5.41) is 13.2. The van der Waals surface area contributed by atoms with E-state index in [-0.39, 0.29) is 0 Å². The van der Waals surface area contributed by atoms with Crippen LogP contribution in [0.15, 0.2) is 18.2 Å². The van der Waals surface area contributed by atoms with Gasteiger partial charge in [-0.15, -0.1) is 10.2 Å². The Morgan fingerprint density at radius 2 is 1.96 bits per heavy atom. The zero-order valence-corrected chi connectivity index (χ0v) is 15.6. The van der Waals surface area contributed by atoms with Crippen molar-refractivity contribution in [2.75, 3.05) is 0 Å². The van der Waals surface area contributed by atoms with E-state index in [0.717, 1.165) is 61.1 Å². The Kier molecular flexibility index (Phi) is 4.80. The first kappa shape index (κ1) is 17.0. The molecule has 1 aromatic carbocycles. The number of ether oxygens (including phenoxy) is 1. The predicted octanol–water partition coefficient (Wildman–Crippen LogP) is 3.98. The fraction of sp³-hybridized carbons (Fsp3) is 0.579. The third-order valence-electron chi connectivity index (χ3n) is 5.14. The number of hydrogen-bond acceptors (Lipinski definition) is 4. The van der Waals surface area contributed by atoms with E-state index in [0.29, 0.717) is 18.1 Å². The van der Waals surface area contributed by atoms with E-state index in [1.54, 1.807) is 0 Å². The van der Waals surface area contributed by atoms with Gasteiger partial charge in [-0.3, -0.25) is 4.57 Å². The van der Waals surface area contributed by atoms with E-state index in [2.05, 4.69) is 40.0 Å². The number of hydrogen-bond donors (Lipinski definition) is 1. The smallest absolute Gasteiger partial charge is 0.151 e. The first-order chi connectivity index (χ1) is 12.1. The van der Waals surface area contributed by atoms with Crippen LogP contribution in [0.2, 0.25) is 5.02 Å². The molecule has 1 N–H and O–H groups in total. The fourth-order valence-electron chi connectivity index (χ4n) is 4.04. The fourth-order valence-corrected chi connectivity index (χ4v) is 4.23. The summed E-state index contributed by atoms with van der Waals surface area (Å²) in [6, 6.07) is 6.08. The normalized spacial score (nSPS) is 23.2. The lowest BCUT2D eigenvalue weighted by molar-refractivity contribution is -0.0151. The molecule has 2 aliphatic rings. The second kappa shape index (κ2) is 7.06. The molecule has 25 heavy (non-hydrogen) atoms. The minimum absolute atomic E-state index is 0.300. The van der Waals surface area contributed by atoms with Crippen LogP contribution >= 0.6 is 11.6 Å². The number of nitrogens with one attached hydrogen (secondary N) is 1. The van der Waals surface area contributed by atoms with Crippen molar-refractivity contribution < 1.29 is 4.74 Å². The van der Waals surface area contributed by atoms with Gasteiger partial charge < -0.3 is 10.1 Å². The van der Waals surface area contributed by atoms with Crippen molar-refractivity contribution in [1.29, 1.82) is 0 Å². The summed E-state index contributed by atoms with van der Waals surface area (Å²) >= 11 is 6.19. The van der Waals surface area contributed by atoms with Crippen LogP contribution in [-0.2, 0) is 17.8 Å². The van der Waals surface area contributed by atoms with E-state index < -0.39 is 0 Å². The highest BCUT2D eigenvalue weighted by Crippen LogP contribution is 2.36. The quantitative estimate of drug-likeness (QED) is 0.899. The summed E-state index contributed by atoms with van der Waals surface area (Å²) < 4.78 is 8.24. The summed E-state index contributed by atoms with van der Waals surface area (Å²) in [6.45, 7) is 5.75. The van der Waals surface area contributed by atoms with Gasteiger partial charge in [0.25, 0.3) is 0 Å². The van der Waals surface area contributed by atoms with Gasteiger partial charge in [-0.25, -0.2) is 0 Å². The molecule has 0 spiro atoms. The van der Waals surface area contributed by atoms with Gasteiger partial charge in [0.1, 0.15) is 5.82 Å². The van der Waals surface area contributed by atoms with Gasteiger partial charge in [0.15, 0.2) is 5.82 Å². The molecule has 0 amide bonds. The SMILES string of the molecule is CC(C)O[C@H]1CC[C@H](c2nnc3n2-c2ccc(Cl)cc2CNC3)CC1. The molecule has 2 heterocycles. The molecule has 1 aromatic heterocycles. The molecular formula is C19H25ClN4O. The molecule has 1 aliphatic carbocycles. The van der Waals surface area contributed by atoms with Gasteiger partial charge in [-0.2, -0.15) is 0 Å². The van der Waals surface area contributed by atoms with Crippen LogP contribution in [0, 0.1) is 0 Å². The minimum atomic E-state index is 0.300. The Hall–Kier alpha value is -1.43. The zero-order valence-electron chi connectivity index (χ0n) is 14.8. The molecule has 1 saturated carbocycles. The Balaban J connectivity index is 1.62. The molecule has 1 aliphatic heterocycles. The van der Waals surface area contributed by atoms with Crippen LogP contribution in [0.4, 0.5) is 0 Å². The lowest BCUT2D eigenvalue weighted by Crippen LogP contribution is -2.25. The number of rotatable bonds is 3. The van der Waals surface area contributed by atoms with E-state index in [9.17, 15) is 0 Å². The molecule has 1 fully saturated rings. The largest absolute Gasteiger partial charge is 0.376 e. The van der Waals surface area contributed by atoms with Crippen LogP contribution in [0.25, 0.3) is 5.69 Å². The summed E-state index contributed by atoms with van der Waals surface area (Å²) in [6.07, 6.45) is 5.08. The van der Waals surface area contributed by atoms with Crippen molar-refractivity contribution in [1.82, 2.24) is 20.1 Å². The van der Waals surface area contributed by atoms with Crippen LogP contribution in [0.5, 0.6) is 0 Å². The third-order valence-corrected chi connectivity index (χ3v) is 5.38. The first-order valence-corrected chi connectivity index (χ1v) is 9.59. The molecule has 5 nitrogen and oxygen atoms in total. The maximum atomic E-state index is 6.19. The topological polar surface area (TPSA) is 52.0 Å². The van der Waals surface area contributed by atoms with E-state index in [4.69, 9.17) is 16.3 Å². The van der Waals surface area contributed by atoms with Crippen molar-refractivity contribution in [3.05, 3.63) is 40.4 Å². The Bertz CT molecular complexity index is 750. The lowest BCUT2D eigenvalue weighted by atomic mass is 9.86. The highest BCUT2D eigenvalue weighted by Gasteiger charge is 2.29. The second-order valence-electron chi connectivity index (χ2n) is 7.34.